The molecule has 1 aromatic heterocycles. The topological polar surface area (TPSA) is 161 Å². The number of nitrogens with zero attached hydrogens (tertiary/aromatic N) is 2. The fourth-order valence-corrected chi connectivity index (χ4v) is 7.01. The van der Waals surface area contributed by atoms with Crippen LogP contribution in [0, 0.1) is 11.8 Å². The molecule has 6 atom stereocenters. The minimum atomic E-state index is -1.19. The van der Waals surface area contributed by atoms with E-state index in [1.807, 2.05) is 124 Å². The molecule has 2 saturated heterocycles. The summed E-state index contributed by atoms with van der Waals surface area (Å²) in [5, 5.41) is 19.1. The minimum Gasteiger partial charge on any atom is -0.445 e. The number of alkyl carbamates (subject to hydrolysis) is 2. The monoisotopic (exact) mass is 765 g/mol. The SMILES string of the molecule is CC(C)C(NC(=O)OCc1ccccc1)C(=O)NN(Cc1ccc(-c2ccccn2)cc1)C[C@H](O)[C@H](Cc1ccccc1)NC(=O)O[C@]1(C)CO[C@H]2OCC[C@H]21. The van der Waals surface area contributed by atoms with Crippen molar-refractivity contribution in [2.24, 2.45) is 11.8 Å². The molecule has 0 radical (unpaired) electrons. The number of aliphatic hydroxyl groups is 1. The smallest absolute Gasteiger partial charge is 0.408 e. The van der Waals surface area contributed by atoms with E-state index in [0.717, 1.165) is 27.9 Å². The largest absolute Gasteiger partial charge is 0.445 e. The molecule has 2 aliphatic heterocycles. The third-order valence-electron chi connectivity index (χ3n) is 10.1. The number of ether oxygens (including phenoxy) is 4. The highest BCUT2D eigenvalue weighted by Gasteiger charge is 2.52. The van der Waals surface area contributed by atoms with Gasteiger partial charge in [-0.1, -0.05) is 105 Å². The molecule has 0 spiro atoms. The normalized spacial score (nSPS) is 20.5. The van der Waals surface area contributed by atoms with E-state index >= 15 is 0 Å². The highest BCUT2D eigenvalue weighted by atomic mass is 16.7. The Morgan fingerprint density at radius 1 is 0.875 bits per heavy atom. The Morgan fingerprint density at radius 2 is 1.57 bits per heavy atom. The third kappa shape index (κ3) is 10.9. The van der Waals surface area contributed by atoms with Gasteiger partial charge in [0.05, 0.1) is 37.0 Å². The van der Waals surface area contributed by atoms with E-state index in [-0.39, 0.29) is 44.6 Å². The van der Waals surface area contributed by atoms with Gasteiger partial charge in [-0.2, -0.15) is 0 Å². The fraction of sp³-hybridized carbons (Fsp3) is 0.395. The fourth-order valence-electron chi connectivity index (χ4n) is 7.01. The second kappa shape index (κ2) is 19.0. The number of benzene rings is 3. The zero-order chi connectivity index (χ0) is 39.5. The molecule has 4 aromatic rings. The quantitative estimate of drug-likeness (QED) is 0.109. The van der Waals surface area contributed by atoms with Gasteiger partial charge in [0.25, 0.3) is 5.91 Å². The Balaban J connectivity index is 1.19. The number of aromatic nitrogens is 1. The van der Waals surface area contributed by atoms with Crippen LogP contribution in [0.2, 0.25) is 0 Å². The molecule has 0 aliphatic carbocycles. The highest BCUT2D eigenvalue weighted by Crippen LogP contribution is 2.40. The van der Waals surface area contributed by atoms with E-state index in [9.17, 15) is 19.5 Å². The maximum atomic E-state index is 13.9. The van der Waals surface area contributed by atoms with Crippen LogP contribution in [-0.2, 0) is 43.3 Å². The number of aliphatic hydroxyl groups excluding tert-OH is 1. The summed E-state index contributed by atoms with van der Waals surface area (Å²) in [6.07, 6.45) is -0.307. The van der Waals surface area contributed by atoms with Crippen LogP contribution in [0.1, 0.15) is 43.9 Å². The van der Waals surface area contributed by atoms with Crippen molar-refractivity contribution >= 4 is 18.1 Å². The Labute approximate surface area is 327 Å². The summed E-state index contributed by atoms with van der Waals surface area (Å²) in [4.78, 5) is 44.8. The highest BCUT2D eigenvalue weighted by molar-refractivity contribution is 5.85. The predicted molar refractivity (Wildman–Crippen MR) is 208 cm³/mol. The van der Waals surface area contributed by atoms with Crippen LogP contribution in [-0.4, -0.2) is 83.0 Å². The predicted octanol–water partition coefficient (Wildman–Crippen LogP) is 5.38. The molecule has 1 unspecified atom stereocenters. The lowest BCUT2D eigenvalue weighted by Gasteiger charge is -2.33. The number of rotatable bonds is 16. The molecule has 13 heteroatoms. The molecule has 3 heterocycles. The number of hydrazine groups is 1. The summed E-state index contributed by atoms with van der Waals surface area (Å²) in [5.74, 6) is -0.904. The number of pyridine rings is 1. The standard InChI is InChI=1S/C43H51N5O8/c1-29(2)38(46-41(51)54-27-32-14-8-5-9-15-32)39(50)47-48(25-31-17-19-33(20-18-31)35-16-10-11-22-44-35)26-37(49)36(24-30-12-6-4-7-13-30)45-42(52)56-43(3)28-55-40-34(43)21-23-53-40/h4-20,22,29,34,36-38,40,49H,21,23-28H2,1-3H3,(H,45,52)(H,46,51)(H,47,50)/t34-,36+,37+,38?,40-,43-/m1/s1. The van der Waals surface area contributed by atoms with Crippen molar-refractivity contribution in [3.63, 3.8) is 0 Å². The molecule has 56 heavy (non-hydrogen) atoms. The lowest BCUT2D eigenvalue weighted by Crippen LogP contribution is -2.57. The number of hydrogen-bond acceptors (Lipinski definition) is 10. The van der Waals surface area contributed by atoms with E-state index < -0.39 is 48.2 Å². The van der Waals surface area contributed by atoms with Gasteiger partial charge in [-0.15, -0.1) is 0 Å². The Kier molecular flexibility index (Phi) is 13.7. The molecule has 13 nitrogen and oxygen atoms in total. The number of fused-ring (bicyclic) bond motifs is 1. The maximum Gasteiger partial charge on any atom is 0.408 e. The first-order valence-corrected chi connectivity index (χ1v) is 19.0. The second-order valence-corrected chi connectivity index (χ2v) is 14.9. The number of carbonyl (C=O) groups is 3. The number of nitrogens with one attached hydrogen (secondary N) is 3. The summed E-state index contributed by atoms with van der Waals surface area (Å²) in [5.41, 5.74) is 6.32. The van der Waals surface area contributed by atoms with Gasteiger partial charge >= 0.3 is 12.2 Å². The van der Waals surface area contributed by atoms with Gasteiger partial charge in [-0.25, -0.2) is 14.6 Å². The molecule has 4 N–H and O–H groups in total. The van der Waals surface area contributed by atoms with Crippen molar-refractivity contribution in [1.82, 2.24) is 26.1 Å². The molecule has 3 aromatic carbocycles. The summed E-state index contributed by atoms with van der Waals surface area (Å²) >= 11 is 0. The van der Waals surface area contributed by atoms with Gasteiger partial charge in [-0.05, 0) is 54.5 Å². The van der Waals surface area contributed by atoms with Crippen molar-refractivity contribution < 1.29 is 38.4 Å². The average molecular weight is 766 g/mol. The van der Waals surface area contributed by atoms with Gasteiger partial charge in [0, 0.05) is 24.8 Å². The van der Waals surface area contributed by atoms with Crippen molar-refractivity contribution in [3.05, 3.63) is 126 Å². The first kappa shape index (κ1) is 40.3. The summed E-state index contributed by atoms with van der Waals surface area (Å²) in [7, 11) is 0. The van der Waals surface area contributed by atoms with Crippen LogP contribution in [0.4, 0.5) is 9.59 Å². The van der Waals surface area contributed by atoms with Crippen LogP contribution in [0.25, 0.3) is 11.3 Å². The molecule has 2 fully saturated rings. The zero-order valence-electron chi connectivity index (χ0n) is 32.0. The molecule has 6 rings (SSSR count). The van der Waals surface area contributed by atoms with Crippen LogP contribution < -0.4 is 16.1 Å². The van der Waals surface area contributed by atoms with Gasteiger partial charge in [0.15, 0.2) is 6.29 Å². The van der Waals surface area contributed by atoms with E-state index in [1.165, 1.54) is 0 Å². The number of hydrogen-bond donors (Lipinski definition) is 4. The lowest BCUT2D eigenvalue weighted by molar-refractivity contribution is -0.130. The second-order valence-electron chi connectivity index (χ2n) is 14.9. The van der Waals surface area contributed by atoms with Crippen molar-refractivity contribution in [3.8, 4) is 11.3 Å². The maximum absolute atomic E-state index is 13.9. The van der Waals surface area contributed by atoms with Crippen LogP contribution >= 0.6 is 0 Å². The third-order valence-corrected chi connectivity index (χ3v) is 10.1. The van der Waals surface area contributed by atoms with Crippen molar-refractivity contribution in [2.45, 2.75) is 76.8 Å². The van der Waals surface area contributed by atoms with Gasteiger partial charge in [0.1, 0.15) is 18.2 Å². The van der Waals surface area contributed by atoms with Crippen LogP contribution in [0.3, 0.4) is 0 Å². The van der Waals surface area contributed by atoms with E-state index in [4.69, 9.17) is 18.9 Å². The number of amides is 3. The minimum absolute atomic E-state index is 0.0470. The molecule has 296 valence electrons. The molecule has 0 saturated carbocycles. The van der Waals surface area contributed by atoms with E-state index in [2.05, 4.69) is 21.0 Å². The summed E-state index contributed by atoms with van der Waals surface area (Å²) < 4.78 is 22.8. The Hall–Kier alpha value is -5.34. The molecule has 0 bridgehead atoms. The first-order valence-electron chi connectivity index (χ1n) is 19.0. The van der Waals surface area contributed by atoms with Gasteiger partial charge < -0.3 is 34.7 Å². The Bertz CT molecular complexity index is 1870. The summed E-state index contributed by atoms with van der Waals surface area (Å²) in [6.45, 7) is 6.35. The van der Waals surface area contributed by atoms with Crippen molar-refractivity contribution in [1.29, 1.82) is 0 Å². The lowest BCUT2D eigenvalue weighted by atomic mass is 9.90. The molecule has 2 aliphatic rings. The molecule has 3 amide bonds. The zero-order valence-corrected chi connectivity index (χ0v) is 32.0. The summed E-state index contributed by atoms with van der Waals surface area (Å²) in [6, 6.07) is 30.4. The van der Waals surface area contributed by atoms with E-state index in [1.54, 1.807) is 11.2 Å². The van der Waals surface area contributed by atoms with Gasteiger partial charge in [-0.3, -0.25) is 15.2 Å². The first-order chi connectivity index (χ1) is 27.1. The van der Waals surface area contributed by atoms with E-state index in [0.29, 0.717) is 13.0 Å². The van der Waals surface area contributed by atoms with Crippen LogP contribution in [0.15, 0.2) is 109 Å². The Morgan fingerprint density at radius 3 is 2.25 bits per heavy atom. The average Bonchev–Trinajstić information content (AvgIpc) is 3.81. The van der Waals surface area contributed by atoms with Gasteiger partial charge in [0.2, 0.25) is 0 Å². The molecular formula is C43H51N5O8. The molecular weight excluding hydrogens is 715 g/mol. The van der Waals surface area contributed by atoms with Crippen LogP contribution in [0.5, 0.6) is 0 Å². The van der Waals surface area contributed by atoms with Crippen molar-refractivity contribution in [2.75, 3.05) is 19.8 Å². The number of carbonyl (C=O) groups excluding carboxylic acids is 3.